The van der Waals surface area contributed by atoms with E-state index in [1.165, 1.54) is 0 Å². The first kappa shape index (κ1) is 27.5. The van der Waals surface area contributed by atoms with Crippen LogP contribution >= 0.6 is 0 Å². The lowest BCUT2D eigenvalue weighted by atomic mass is 10.1. The van der Waals surface area contributed by atoms with Crippen LogP contribution in [0.2, 0.25) is 0 Å². The third-order valence-corrected chi connectivity index (χ3v) is 6.85. The fourth-order valence-electron chi connectivity index (χ4n) is 4.77. The summed E-state index contributed by atoms with van der Waals surface area (Å²) in [6.45, 7) is 8.18. The van der Waals surface area contributed by atoms with E-state index in [0.29, 0.717) is 70.4 Å². The average Bonchev–Trinajstić information content (AvgIpc) is 3.37. The summed E-state index contributed by atoms with van der Waals surface area (Å²) in [4.78, 5) is 37.9. The Labute approximate surface area is 228 Å². The van der Waals surface area contributed by atoms with Gasteiger partial charge in [-0.25, -0.2) is 9.50 Å². The van der Waals surface area contributed by atoms with Crippen LogP contribution in [0, 0.1) is 6.20 Å². The molecule has 1 radical (unpaired) electrons. The molecule has 0 spiro atoms. The number of fused-ring (bicyclic) bond motifs is 1. The third kappa shape index (κ3) is 6.07. The Morgan fingerprint density at radius 3 is 2.60 bits per heavy atom. The number of nitrogens with zero attached hydrogens (tertiary/aromatic N) is 7. The number of rotatable bonds is 7. The number of hydrogen-bond acceptors (Lipinski definition) is 8. The van der Waals surface area contributed by atoms with Gasteiger partial charge in [0, 0.05) is 58.2 Å². The van der Waals surface area contributed by atoms with Crippen molar-refractivity contribution in [1.29, 1.82) is 0 Å². The van der Waals surface area contributed by atoms with Gasteiger partial charge in [-0.15, -0.1) is 5.10 Å². The maximum absolute atomic E-state index is 13.8. The van der Waals surface area contributed by atoms with Crippen LogP contribution in [-0.4, -0.2) is 100 Å². The summed E-state index contributed by atoms with van der Waals surface area (Å²) in [7, 11) is 0. The number of alkyl halides is 3. The molecule has 3 aromatic heterocycles. The molecule has 0 aromatic carbocycles. The van der Waals surface area contributed by atoms with Crippen LogP contribution in [0.25, 0.3) is 16.9 Å². The van der Waals surface area contributed by atoms with Gasteiger partial charge in [-0.1, -0.05) is 6.58 Å². The first-order valence-electron chi connectivity index (χ1n) is 12.8. The van der Waals surface area contributed by atoms with E-state index in [-0.39, 0.29) is 23.8 Å². The number of halogens is 3. The summed E-state index contributed by atoms with van der Waals surface area (Å²) in [5, 5.41) is 6.94. The zero-order valence-electron chi connectivity index (χ0n) is 21.7. The number of carbonyl (C=O) groups excluding carboxylic acids is 2. The largest absolute Gasteiger partial charge is 0.417 e. The number of anilines is 1. The second-order valence-electron chi connectivity index (χ2n) is 9.47. The Balaban J connectivity index is 1.38. The van der Waals surface area contributed by atoms with E-state index < -0.39 is 17.6 Å². The average molecular weight is 558 g/mol. The summed E-state index contributed by atoms with van der Waals surface area (Å²) in [6, 6.07) is 2.74. The molecule has 2 saturated heterocycles. The van der Waals surface area contributed by atoms with Gasteiger partial charge in [0.15, 0.2) is 11.6 Å². The number of carbonyl (C=O) groups is 2. The molecule has 2 amide bonds. The predicted molar refractivity (Wildman–Crippen MR) is 138 cm³/mol. The van der Waals surface area contributed by atoms with Crippen molar-refractivity contribution in [2.45, 2.75) is 12.7 Å². The highest BCUT2D eigenvalue weighted by Gasteiger charge is 2.35. The predicted octanol–water partition coefficient (Wildman–Crippen LogP) is 1.39. The maximum atomic E-state index is 13.8. The van der Waals surface area contributed by atoms with Crippen LogP contribution in [-0.2, 0) is 27.0 Å². The number of amides is 2. The van der Waals surface area contributed by atoms with Gasteiger partial charge >= 0.3 is 6.18 Å². The quantitative estimate of drug-likeness (QED) is 0.435. The van der Waals surface area contributed by atoms with Gasteiger partial charge in [-0.05, 0) is 23.8 Å². The first-order valence-corrected chi connectivity index (χ1v) is 12.8. The number of aromatic nitrogens is 4. The van der Waals surface area contributed by atoms with Crippen molar-refractivity contribution >= 4 is 23.1 Å². The van der Waals surface area contributed by atoms with Crippen molar-refractivity contribution in [3.8, 4) is 11.4 Å². The molecule has 0 atom stereocenters. The highest BCUT2D eigenvalue weighted by atomic mass is 19.4. The summed E-state index contributed by atoms with van der Waals surface area (Å²) >= 11 is 0. The van der Waals surface area contributed by atoms with E-state index in [4.69, 9.17) is 4.74 Å². The molecule has 3 aromatic rings. The van der Waals surface area contributed by atoms with E-state index in [1.807, 2.05) is 11.0 Å². The topological polar surface area (TPSA) is 108 Å². The second-order valence-corrected chi connectivity index (χ2v) is 9.47. The molecule has 1 N–H and O–H groups in total. The molecule has 5 heterocycles. The van der Waals surface area contributed by atoms with Gasteiger partial charge in [0.25, 0.3) is 0 Å². The highest BCUT2D eigenvalue weighted by molar-refractivity contribution is 5.90. The van der Waals surface area contributed by atoms with Crippen molar-refractivity contribution in [2.75, 3.05) is 63.9 Å². The molecule has 0 aliphatic carbocycles. The Kier molecular flexibility index (Phi) is 7.98. The van der Waals surface area contributed by atoms with Gasteiger partial charge in [0.05, 0.1) is 37.1 Å². The van der Waals surface area contributed by atoms with Crippen LogP contribution in [0.15, 0.2) is 37.2 Å². The van der Waals surface area contributed by atoms with Crippen LogP contribution in [0.4, 0.5) is 19.0 Å². The monoisotopic (exact) mass is 557 g/mol. The highest BCUT2D eigenvalue weighted by Crippen LogP contribution is 2.36. The van der Waals surface area contributed by atoms with E-state index >= 15 is 0 Å². The second kappa shape index (κ2) is 11.6. The van der Waals surface area contributed by atoms with Gasteiger partial charge < -0.3 is 19.9 Å². The SMILES string of the molecule is C=CC(=O)NCC(=O)N1CCN(Cc2cc3c(N4CCOCC4)nc(-c4cn[c]cc4C(F)(F)F)nn3c2)CC1. The first-order chi connectivity index (χ1) is 19.2. The molecule has 14 heteroatoms. The molecule has 2 aliphatic heterocycles. The van der Waals surface area contributed by atoms with E-state index in [9.17, 15) is 22.8 Å². The van der Waals surface area contributed by atoms with Crippen LogP contribution < -0.4 is 10.2 Å². The van der Waals surface area contributed by atoms with Gasteiger partial charge in [0.1, 0.15) is 5.52 Å². The standard InChI is InChI=1S/C26H28F3N8O3/c1-2-22(38)31-15-23(39)35-7-5-34(6-8-35)16-18-13-21-25(36-9-11-40-12-10-36)32-24(33-37(21)17-18)19-14-30-4-3-20(19)26(27,28)29/h2-3,13-14,17H,1,5-12,15-16H2,(H,31,38). The third-order valence-electron chi connectivity index (χ3n) is 6.85. The molecular formula is C26H28F3N8O3. The maximum Gasteiger partial charge on any atom is 0.417 e. The molecule has 40 heavy (non-hydrogen) atoms. The molecular weight excluding hydrogens is 529 g/mol. The van der Waals surface area contributed by atoms with Crippen molar-refractivity contribution in [3.63, 3.8) is 0 Å². The normalized spacial score (nSPS) is 16.8. The summed E-state index contributed by atoms with van der Waals surface area (Å²) in [6.07, 6.45) is 1.64. The zero-order chi connectivity index (χ0) is 28.3. The summed E-state index contributed by atoms with van der Waals surface area (Å²) < 4.78 is 48.3. The number of morpholine rings is 1. The Bertz CT molecular complexity index is 1400. The minimum Gasteiger partial charge on any atom is -0.378 e. The molecule has 211 valence electrons. The smallest absolute Gasteiger partial charge is 0.378 e. The summed E-state index contributed by atoms with van der Waals surface area (Å²) in [5.41, 5.74) is 0.465. The minimum absolute atomic E-state index is 0.0773. The summed E-state index contributed by atoms with van der Waals surface area (Å²) in [5.74, 6) is -0.112. The van der Waals surface area contributed by atoms with E-state index in [0.717, 1.165) is 23.9 Å². The zero-order valence-corrected chi connectivity index (χ0v) is 21.7. The number of hydrogen-bond donors (Lipinski definition) is 1. The van der Waals surface area contributed by atoms with E-state index in [2.05, 4.69) is 38.1 Å². The number of pyridine rings is 1. The van der Waals surface area contributed by atoms with Gasteiger partial charge in [0.2, 0.25) is 11.8 Å². The van der Waals surface area contributed by atoms with E-state index in [1.54, 1.807) is 15.6 Å². The molecule has 2 aliphatic rings. The molecule has 0 saturated carbocycles. The number of nitrogens with one attached hydrogen (secondary N) is 1. The number of ether oxygens (including phenoxy) is 1. The van der Waals surface area contributed by atoms with Gasteiger partial charge in [-0.3, -0.25) is 19.5 Å². The minimum atomic E-state index is -4.62. The van der Waals surface area contributed by atoms with Crippen LogP contribution in [0.5, 0.6) is 0 Å². The lowest BCUT2D eigenvalue weighted by molar-refractivity contribution is -0.137. The fraction of sp³-hybridized carbons (Fsp3) is 0.423. The molecule has 5 rings (SSSR count). The Hall–Kier alpha value is -4.04. The Morgan fingerprint density at radius 2 is 1.90 bits per heavy atom. The lowest BCUT2D eigenvalue weighted by Crippen LogP contribution is -2.50. The lowest BCUT2D eigenvalue weighted by Gasteiger charge is -2.34. The van der Waals surface area contributed by atoms with Crippen LogP contribution in [0.3, 0.4) is 0 Å². The van der Waals surface area contributed by atoms with Gasteiger partial charge in [-0.2, -0.15) is 13.2 Å². The van der Waals surface area contributed by atoms with Crippen molar-refractivity contribution in [2.24, 2.45) is 0 Å². The molecule has 0 bridgehead atoms. The number of piperazine rings is 1. The Morgan fingerprint density at radius 1 is 1.15 bits per heavy atom. The fourth-order valence-corrected chi connectivity index (χ4v) is 4.77. The molecule has 0 unspecified atom stereocenters. The van der Waals surface area contributed by atoms with Crippen molar-refractivity contribution in [3.05, 3.63) is 54.5 Å². The van der Waals surface area contributed by atoms with Crippen LogP contribution in [0.1, 0.15) is 11.1 Å². The van der Waals surface area contributed by atoms with Crippen molar-refractivity contribution < 1.29 is 27.5 Å². The van der Waals surface area contributed by atoms with Crippen molar-refractivity contribution in [1.82, 2.24) is 34.7 Å². The molecule has 2 fully saturated rings. The molecule has 11 nitrogen and oxygen atoms in total.